The first-order valence-corrected chi connectivity index (χ1v) is 8.56. The van der Waals surface area contributed by atoms with E-state index in [-0.39, 0.29) is 18.0 Å². The predicted molar refractivity (Wildman–Crippen MR) is 83.3 cm³/mol. The van der Waals surface area contributed by atoms with E-state index in [1.165, 1.54) is 11.3 Å². The second kappa shape index (κ2) is 6.83. The molecule has 7 heteroatoms. The Bertz CT molecular complexity index is 772. The van der Waals surface area contributed by atoms with E-state index < -0.39 is 10.0 Å². The Hall–Kier alpha value is -1.72. The van der Waals surface area contributed by atoms with E-state index in [1.54, 1.807) is 29.9 Å². The van der Waals surface area contributed by atoms with Crippen LogP contribution in [0.15, 0.2) is 34.8 Å². The molecule has 2 rings (SSSR count). The van der Waals surface area contributed by atoms with E-state index in [9.17, 15) is 8.42 Å². The molecule has 0 bridgehead atoms. The largest absolute Gasteiger partial charge is 0.320 e. The van der Waals surface area contributed by atoms with Gasteiger partial charge in [-0.15, -0.1) is 11.3 Å². The van der Waals surface area contributed by atoms with E-state index in [0.29, 0.717) is 0 Å². The molecule has 5 nitrogen and oxygen atoms in total. The molecule has 1 aromatic heterocycles. The summed E-state index contributed by atoms with van der Waals surface area (Å²) in [4.78, 5) is 4.99. The molecule has 21 heavy (non-hydrogen) atoms. The third-order valence-corrected chi connectivity index (χ3v) is 4.93. The molecule has 0 amide bonds. The Kier molecular flexibility index (Phi) is 5.09. The summed E-state index contributed by atoms with van der Waals surface area (Å²) in [7, 11) is -3.54. The van der Waals surface area contributed by atoms with Gasteiger partial charge in [-0.3, -0.25) is 4.98 Å². The van der Waals surface area contributed by atoms with Crippen LogP contribution in [0.25, 0.3) is 0 Å². The van der Waals surface area contributed by atoms with Crippen molar-refractivity contribution < 1.29 is 8.42 Å². The van der Waals surface area contributed by atoms with Crippen LogP contribution in [0.1, 0.15) is 16.0 Å². The lowest BCUT2D eigenvalue weighted by Crippen LogP contribution is -2.22. The first-order chi connectivity index (χ1) is 10.0. The van der Waals surface area contributed by atoms with Crippen LogP contribution in [-0.2, 0) is 16.6 Å². The first kappa shape index (κ1) is 15.7. The van der Waals surface area contributed by atoms with Crippen molar-refractivity contribution in [3.8, 4) is 11.8 Å². The molecular weight excluding hydrogens is 306 g/mol. The molecule has 0 radical (unpaired) electrons. The second-order valence-electron chi connectivity index (χ2n) is 4.27. The lowest BCUT2D eigenvalue weighted by Gasteiger charge is -2.07. The summed E-state index contributed by atoms with van der Waals surface area (Å²) in [5.74, 6) is 5.66. The fraction of sp³-hybridized carbons (Fsp3) is 0.214. The Morgan fingerprint density at radius 2 is 2.24 bits per heavy atom. The van der Waals surface area contributed by atoms with E-state index in [0.717, 1.165) is 16.0 Å². The number of rotatable bonds is 4. The number of aryl methyl sites for hydroxylation is 1. The molecule has 0 aliphatic rings. The molecule has 3 N–H and O–H groups in total. The fourth-order valence-corrected chi connectivity index (χ4v) is 3.39. The Morgan fingerprint density at radius 1 is 1.43 bits per heavy atom. The van der Waals surface area contributed by atoms with Crippen LogP contribution in [0, 0.1) is 18.8 Å². The van der Waals surface area contributed by atoms with E-state index in [1.807, 2.05) is 6.92 Å². The predicted octanol–water partition coefficient (Wildman–Crippen LogP) is 1.24. The molecular formula is C14H15N3O2S2. The lowest BCUT2D eigenvalue weighted by atomic mass is 10.1. The number of nitrogens with zero attached hydrogens (tertiary/aromatic N) is 1. The minimum absolute atomic E-state index is 0.225. The van der Waals surface area contributed by atoms with Gasteiger partial charge in [-0.05, 0) is 30.7 Å². The third-order valence-electron chi connectivity index (χ3n) is 2.75. The molecule has 0 unspecified atom stereocenters. The second-order valence-corrected chi connectivity index (χ2v) is 7.01. The standard InChI is InChI=1S/C14H15N3O2S2/c1-11-7-14(5-4-12(11)3-2-6-15)21(18,19)17-9-13-8-16-10-20-13/h4-5,7-8,10,17H,6,9,15H2,1H3. The number of aromatic nitrogens is 1. The summed E-state index contributed by atoms with van der Waals surface area (Å²) in [5.41, 5.74) is 8.58. The van der Waals surface area contributed by atoms with Gasteiger partial charge in [-0.25, -0.2) is 13.1 Å². The van der Waals surface area contributed by atoms with Crippen molar-refractivity contribution in [3.05, 3.63) is 45.9 Å². The van der Waals surface area contributed by atoms with Gasteiger partial charge < -0.3 is 5.73 Å². The molecule has 0 saturated heterocycles. The Balaban J connectivity index is 2.18. The minimum Gasteiger partial charge on any atom is -0.320 e. The van der Waals surface area contributed by atoms with Crippen LogP contribution in [0.2, 0.25) is 0 Å². The Labute approximate surface area is 128 Å². The van der Waals surface area contributed by atoms with Gasteiger partial charge in [-0.1, -0.05) is 11.8 Å². The van der Waals surface area contributed by atoms with Gasteiger partial charge in [0.15, 0.2) is 0 Å². The quantitative estimate of drug-likeness (QED) is 0.830. The van der Waals surface area contributed by atoms with Gasteiger partial charge >= 0.3 is 0 Å². The van der Waals surface area contributed by atoms with Gasteiger partial charge in [0.2, 0.25) is 10.0 Å². The number of benzene rings is 1. The summed E-state index contributed by atoms with van der Waals surface area (Å²) in [5, 5.41) is 0. The maximum absolute atomic E-state index is 12.2. The molecule has 1 aromatic carbocycles. The maximum atomic E-state index is 12.2. The van der Waals surface area contributed by atoms with Crippen LogP contribution in [0.4, 0.5) is 0 Å². The molecule has 0 spiro atoms. The smallest absolute Gasteiger partial charge is 0.240 e. The van der Waals surface area contributed by atoms with E-state index >= 15 is 0 Å². The molecule has 0 atom stereocenters. The number of hydrogen-bond donors (Lipinski definition) is 2. The SMILES string of the molecule is Cc1cc(S(=O)(=O)NCc2cncs2)ccc1C#CCN. The van der Waals surface area contributed by atoms with Gasteiger partial charge in [0.05, 0.1) is 17.0 Å². The number of hydrogen-bond acceptors (Lipinski definition) is 5. The average Bonchev–Trinajstić information content (AvgIpc) is 2.97. The molecule has 0 aliphatic heterocycles. The first-order valence-electron chi connectivity index (χ1n) is 6.19. The van der Waals surface area contributed by atoms with E-state index in [4.69, 9.17) is 5.73 Å². The van der Waals surface area contributed by atoms with Crippen molar-refractivity contribution >= 4 is 21.4 Å². The van der Waals surface area contributed by atoms with Crippen molar-refractivity contribution in [3.63, 3.8) is 0 Å². The topological polar surface area (TPSA) is 85.1 Å². The van der Waals surface area contributed by atoms with Crippen LogP contribution >= 0.6 is 11.3 Å². The van der Waals surface area contributed by atoms with Crippen molar-refractivity contribution in [1.82, 2.24) is 9.71 Å². The van der Waals surface area contributed by atoms with Gasteiger partial charge in [0.1, 0.15) is 0 Å². The zero-order valence-electron chi connectivity index (χ0n) is 11.5. The van der Waals surface area contributed by atoms with Gasteiger partial charge in [0.25, 0.3) is 0 Å². The fourth-order valence-electron chi connectivity index (χ4n) is 1.67. The number of nitrogens with one attached hydrogen (secondary N) is 1. The lowest BCUT2D eigenvalue weighted by molar-refractivity contribution is 0.581. The van der Waals surface area contributed by atoms with Crippen LogP contribution in [-0.4, -0.2) is 19.9 Å². The molecule has 0 fully saturated rings. The zero-order chi connectivity index (χ0) is 15.3. The minimum atomic E-state index is -3.54. The highest BCUT2D eigenvalue weighted by atomic mass is 32.2. The zero-order valence-corrected chi connectivity index (χ0v) is 13.1. The summed E-state index contributed by atoms with van der Waals surface area (Å²) >= 11 is 1.41. The third kappa shape index (κ3) is 4.12. The van der Waals surface area contributed by atoms with Gasteiger partial charge in [-0.2, -0.15) is 0 Å². The molecule has 2 aromatic rings. The highest BCUT2D eigenvalue weighted by molar-refractivity contribution is 7.89. The average molecular weight is 321 g/mol. The van der Waals surface area contributed by atoms with Crippen molar-refractivity contribution in [2.24, 2.45) is 5.73 Å². The highest BCUT2D eigenvalue weighted by Crippen LogP contribution is 2.15. The van der Waals surface area contributed by atoms with E-state index in [2.05, 4.69) is 21.5 Å². The number of sulfonamides is 1. The maximum Gasteiger partial charge on any atom is 0.240 e. The van der Waals surface area contributed by atoms with Crippen molar-refractivity contribution in [2.75, 3.05) is 6.54 Å². The monoisotopic (exact) mass is 321 g/mol. The van der Waals surface area contributed by atoms with Crippen LogP contribution < -0.4 is 10.5 Å². The van der Waals surface area contributed by atoms with Crippen molar-refractivity contribution in [1.29, 1.82) is 0 Å². The highest BCUT2D eigenvalue weighted by Gasteiger charge is 2.14. The van der Waals surface area contributed by atoms with Gasteiger partial charge in [0, 0.05) is 23.2 Å². The van der Waals surface area contributed by atoms with Crippen molar-refractivity contribution in [2.45, 2.75) is 18.4 Å². The normalized spacial score (nSPS) is 11.0. The molecule has 110 valence electrons. The Morgan fingerprint density at radius 3 is 2.86 bits per heavy atom. The molecule has 1 heterocycles. The van der Waals surface area contributed by atoms with Crippen LogP contribution in [0.3, 0.4) is 0 Å². The summed E-state index contributed by atoms with van der Waals surface area (Å²) in [6.07, 6.45) is 1.64. The molecule has 0 saturated carbocycles. The molecule has 0 aliphatic carbocycles. The number of nitrogens with two attached hydrogens (primary N) is 1. The summed E-state index contributed by atoms with van der Waals surface area (Å²) in [6.45, 7) is 2.33. The van der Waals surface area contributed by atoms with Crippen LogP contribution in [0.5, 0.6) is 0 Å². The summed E-state index contributed by atoms with van der Waals surface area (Å²) < 4.78 is 27.0. The number of thiazole rings is 1. The summed E-state index contributed by atoms with van der Waals surface area (Å²) in [6, 6.07) is 4.84.